The third kappa shape index (κ3) is 2.73. The van der Waals surface area contributed by atoms with Crippen LogP contribution >= 0.6 is 0 Å². The minimum Gasteiger partial charge on any atom is -0.372 e. The van der Waals surface area contributed by atoms with Crippen LogP contribution in [0.2, 0.25) is 0 Å². The van der Waals surface area contributed by atoms with Crippen molar-refractivity contribution >= 4 is 28.5 Å². The molecule has 28 heavy (non-hydrogen) atoms. The fourth-order valence-electron chi connectivity index (χ4n) is 3.42. The van der Waals surface area contributed by atoms with Crippen molar-refractivity contribution in [3.8, 4) is 11.1 Å². The van der Waals surface area contributed by atoms with Crippen LogP contribution in [-0.2, 0) is 0 Å². The predicted octanol–water partition coefficient (Wildman–Crippen LogP) is 3.47. The Bertz CT molecular complexity index is 1060. The molecule has 11 heteroatoms. The fourth-order valence-corrected chi connectivity index (χ4v) is 3.42. The van der Waals surface area contributed by atoms with Crippen molar-refractivity contribution in [2.75, 3.05) is 18.0 Å². The van der Waals surface area contributed by atoms with Crippen LogP contribution in [0.1, 0.15) is 29.8 Å². The maximum Gasteiger partial charge on any atom is 0.285 e. The van der Waals surface area contributed by atoms with Gasteiger partial charge in [0.25, 0.3) is 17.1 Å². The van der Waals surface area contributed by atoms with Crippen molar-refractivity contribution in [3.05, 3.63) is 65.7 Å². The van der Waals surface area contributed by atoms with E-state index in [1.807, 2.05) is 13.8 Å². The summed E-state index contributed by atoms with van der Waals surface area (Å²) in [5.74, 6) is -0.714. The van der Waals surface area contributed by atoms with Crippen LogP contribution in [0.25, 0.3) is 11.1 Å². The molecule has 0 aromatic heterocycles. The molecule has 0 N–H and O–H groups in total. The lowest BCUT2D eigenvalue weighted by molar-refractivity contribution is -0.394. The van der Waals surface area contributed by atoms with Crippen molar-refractivity contribution in [2.45, 2.75) is 13.8 Å². The number of carbonyl (C=O) groups excluding carboxylic acids is 1. The number of hydrogen-bond donors (Lipinski definition) is 0. The SMILES string of the molecule is CCN(CC)c1cc2c(c([N+](=O)[O-])c1)-c1c(cc([N+](=O)[O-])cc1[N+](=O)[O-])C2=O. The maximum atomic E-state index is 12.9. The smallest absolute Gasteiger partial charge is 0.285 e. The normalized spacial score (nSPS) is 11.7. The van der Waals surface area contributed by atoms with E-state index in [9.17, 15) is 35.1 Å². The highest BCUT2D eigenvalue weighted by atomic mass is 16.6. The van der Waals surface area contributed by atoms with Gasteiger partial charge < -0.3 is 4.90 Å². The second-order valence-corrected chi connectivity index (χ2v) is 6.05. The van der Waals surface area contributed by atoms with Gasteiger partial charge in [0.15, 0.2) is 5.78 Å². The van der Waals surface area contributed by atoms with Gasteiger partial charge in [0.2, 0.25) is 0 Å². The van der Waals surface area contributed by atoms with Crippen LogP contribution in [0, 0.1) is 30.3 Å². The van der Waals surface area contributed by atoms with Crippen molar-refractivity contribution in [3.63, 3.8) is 0 Å². The molecule has 0 spiro atoms. The predicted molar refractivity (Wildman–Crippen MR) is 98.8 cm³/mol. The summed E-state index contributed by atoms with van der Waals surface area (Å²) in [6.45, 7) is 4.74. The molecule has 0 bridgehead atoms. The number of nitrogens with zero attached hydrogens (tertiary/aromatic N) is 4. The van der Waals surface area contributed by atoms with E-state index in [-0.39, 0.29) is 22.3 Å². The van der Waals surface area contributed by atoms with Crippen LogP contribution in [0.5, 0.6) is 0 Å². The van der Waals surface area contributed by atoms with E-state index in [1.54, 1.807) is 4.90 Å². The van der Waals surface area contributed by atoms with Crippen LogP contribution in [0.15, 0.2) is 24.3 Å². The summed E-state index contributed by atoms with van der Waals surface area (Å²) >= 11 is 0. The Kier molecular flexibility index (Phi) is 4.51. The number of ketones is 1. The molecule has 3 rings (SSSR count). The van der Waals surface area contributed by atoms with Crippen LogP contribution in [-0.4, -0.2) is 33.6 Å². The highest BCUT2D eigenvalue weighted by Crippen LogP contribution is 2.49. The molecule has 0 aliphatic heterocycles. The standard InChI is InChI=1S/C17H14N4O7/c1-3-18(4-2)9-5-11-15(13(7-9)20(25)26)16-12(17(11)22)6-10(19(23)24)8-14(16)21(27)28/h5-8H,3-4H2,1-2H3. The van der Waals surface area contributed by atoms with Gasteiger partial charge in [-0.2, -0.15) is 0 Å². The zero-order valence-corrected chi connectivity index (χ0v) is 14.9. The zero-order chi connectivity index (χ0) is 20.7. The van der Waals surface area contributed by atoms with Crippen LogP contribution in [0.3, 0.4) is 0 Å². The molecule has 0 saturated carbocycles. The molecule has 0 unspecified atom stereocenters. The average molecular weight is 386 g/mol. The molecule has 0 saturated heterocycles. The first-order chi connectivity index (χ1) is 13.2. The molecule has 0 atom stereocenters. The van der Waals surface area contributed by atoms with E-state index in [1.165, 1.54) is 12.1 Å². The summed E-state index contributed by atoms with van der Waals surface area (Å²) in [7, 11) is 0. The summed E-state index contributed by atoms with van der Waals surface area (Å²) in [5, 5.41) is 34.3. The first-order valence-corrected chi connectivity index (χ1v) is 8.30. The van der Waals surface area contributed by atoms with Gasteiger partial charge in [-0.1, -0.05) is 0 Å². The number of nitro groups is 3. The number of fused-ring (bicyclic) bond motifs is 3. The molecule has 0 radical (unpaired) electrons. The highest BCUT2D eigenvalue weighted by Gasteiger charge is 2.41. The summed E-state index contributed by atoms with van der Waals surface area (Å²) < 4.78 is 0. The molecule has 11 nitrogen and oxygen atoms in total. The molecular formula is C17H14N4O7. The molecule has 1 aliphatic carbocycles. The first kappa shape index (κ1) is 18.9. The topological polar surface area (TPSA) is 150 Å². The Hall–Kier alpha value is -3.89. The maximum absolute atomic E-state index is 12.9. The van der Waals surface area contributed by atoms with Crippen molar-refractivity contribution in [1.82, 2.24) is 0 Å². The number of anilines is 1. The number of benzene rings is 2. The Morgan fingerprint density at radius 3 is 1.75 bits per heavy atom. The fraction of sp³-hybridized carbons (Fsp3) is 0.235. The zero-order valence-electron chi connectivity index (χ0n) is 14.9. The Labute approximate surface area is 157 Å². The molecule has 2 aromatic carbocycles. The minimum absolute atomic E-state index is 0.0744. The first-order valence-electron chi connectivity index (χ1n) is 8.30. The van der Waals surface area contributed by atoms with Crippen molar-refractivity contribution < 1.29 is 19.6 Å². The summed E-state index contributed by atoms with van der Waals surface area (Å²) in [5.41, 5.74) is -2.16. The van der Waals surface area contributed by atoms with Gasteiger partial charge in [0, 0.05) is 42.0 Å². The third-order valence-electron chi connectivity index (χ3n) is 4.68. The molecule has 2 aromatic rings. The van der Waals surface area contributed by atoms with Crippen LogP contribution in [0.4, 0.5) is 22.7 Å². The lowest BCUT2D eigenvalue weighted by Gasteiger charge is -2.21. The number of nitro benzene ring substituents is 3. The van der Waals surface area contributed by atoms with E-state index in [4.69, 9.17) is 0 Å². The van der Waals surface area contributed by atoms with Crippen molar-refractivity contribution in [1.29, 1.82) is 0 Å². The number of non-ortho nitro benzene ring substituents is 1. The van der Waals surface area contributed by atoms with E-state index in [0.29, 0.717) is 24.8 Å². The minimum atomic E-state index is -0.879. The van der Waals surface area contributed by atoms with E-state index < -0.39 is 37.6 Å². The lowest BCUT2D eigenvalue weighted by atomic mass is 10.0. The van der Waals surface area contributed by atoms with Gasteiger partial charge in [-0.05, 0) is 19.9 Å². The molecule has 0 fully saturated rings. The molecular weight excluding hydrogens is 372 g/mol. The summed E-state index contributed by atoms with van der Waals surface area (Å²) in [6.07, 6.45) is 0. The van der Waals surface area contributed by atoms with Gasteiger partial charge in [0.05, 0.1) is 32.0 Å². The molecule has 144 valence electrons. The number of carbonyl (C=O) groups is 1. The Morgan fingerprint density at radius 1 is 0.786 bits per heavy atom. The van der Waals surface area contributed by atoms with E-state index in [0.717, 1.165) is 6.07 Å². The molecule has 1 aliphatic rings. The van der Waals surface area contributed by atoms with Gasteiger partial charge in [-0.25, -0.2) is 0 Å². The van der Waals surface area contributed by atoms with Gasteiger partial charge in [-0.15, -0.1) is 0 Å². The Morgan fingerprint density at radius 2 is 1.29 bits per heavy atom. The second-order valence-electron chi connectivity index (χ2n) is 6.05. The number of hydrogen-bond acceptors (Lipinski definition) is 8. The quantitative estimate of drug-likeness (QED) is 0.461. The second kappa shape index (κ2) is 6.68. The van der Waals surface area contributed by atoms with Gasteiger partial charge in [-0.3, -0.25) is 35.1 Å². The molecule has 0 heterocycles. The monoisotopic (exact) mass is 386 g/mol. The van der Waals surface area contributed by atoms with Crippen LogP contribution < -0.4 is 4.90 Å². The van der Waals surface area contributed by atoms with Crippen molar-refractivity contribution in [2.24, 2.45) is 0 Å². The summed E-state index contributed by atoms with van der Waals surface area (Å²) in [4.78, 5) is 46.5. The number of rotatable bonds is 6. The molecule has 0 amide bonds. The van der Waals surface area contributed by atoms with E-state index >= 15 is 0 Å². The largest absolute Gasteiger partial charge is 0.372 e. The lowest BCUT2D eigenvalue weighted by Crippen LogP contribution is -2.22. The Balaban J connectivity index is 2.41. The van der Waals surface area contributed by atoms with Gasteiger partial charge >= 0.3 is 0 Å². The third-order valence-corrected chi connectivity index (χ3v) is 4.68. The average Bonchev–Trinajstić information content (AvgIpc) is 2.94. The highest BCUT2D eigenvalue weighted by molar-refractivity contribution is 6.25. The summed E-state index contributed by atoms with van der Waals surface area (Å²) in [6, 6.07) is 4.33. The van der Waals surface area contributed by atoms with E-state index in [2.05, 4.69) is 0 Å². The van der Waals surface area contributed by atoms with Gasteiger partial charge in [0.1, 0.15) is 0 Å².